The summed E-state index contributed by atoms with van der Waals surface area (Å²) in [6, 6.07) is 0. The zero-order valence-electron chi connectivity index (χ0n) is 6.39. The van der Waals surface area contributed by atoms with Crippen molar-refractivity contribution in [3.05, 3.63) is 17.6 Å². The molecule has 0 atom stereocenters. The van der Waals surface area contributed by atoms with Crippen LogP contribution in [0.4, 0.5) is 17.6 Å². The number of aromatic nitrogens is 2. The normalized spacial score (nSPS) is 11.5. The van der Waals surface area contributed by atoms with Gasteiger partial charge in [-0.05, 0) is 0 Å². The van der Waals surface area contributed by atoms with E-state index in [1.807, 2.05) is 0 Å². The van der Waals surface area contributed by atoms with E-state index < -0.39 is 23.4 Å². The van der Waals surface area contributed by atoms with E-state index >= 15 is 0 Å². The van der Waals surface area contributed by atoms with Crippen molar-refractivity contribution < 1.29 is 22.3 Å². The number of alkyl halides is 3. The van der Waals surface area contributed by atoms with Crippen molar-refractivity contribution in [3.8, 4) is 5.88 Å². The quantitative estimate of drug-likeness (QED) is 0.640. The van der Waals surface area contributed by atoms with Crippen LogP contribution in [0.25, 0.3) is 0 Å². The average molecular weight is 196 g/mol. The number of nitrogens with zero attached hydrogens (tertiary/aromatic N) is 2. The van der Waals surface area contributed by atoms with Crippen molar-refractivity contribution in [2.75, 3.05) is 7.11 Å². The van der Waals surface area contributed by atoms with Gasteiger partial charge in [0.25, 0.3) is 0 Å². The predicted molar refractivity (Wildman–Crippen MR) is 33.5 cm³/mol. The summed E-state index contributed by atoms with van der Waals surface area (Å²) < 4.78 is 53.2. The second-order valence-corrected chi connectivity index (χ2v) is 2.07. The summed E-state index contributed by atoms with van der Waals surface area (Å²) in [6.07, 6.45) is -4.45. The number of rotatable bonds is 1. The van der Waals surface area contributed by atoms with Gasteiger partial charge in [0.1, 0.15) is 0 Å². The lowest BCUT2D eigenvalue weighted by Gasteiger charge is -2.09. The molecular weight excluding hydrogens is 192 g/mol. The van der Waals surface area contributed by atoms with E-state index in [0.29, 0.717) is 6.20 Å². The van der Waals surface area contributed by atoms with Crippen molar-refractivity contribution in [1.82, 2.24) is 10.2 Å². The van der Waals surface area contributed by atoms with Gasteiger partial charge in [-0.15, -0.1) is 5.10 Å². The van der Waals surface area contributed by atoms with Gasteiger partial charge in [0.05, 0.1) is 13.3 Å². The lowest BCUT2D eigenvalue weighted by molar-refractivity contribution is -0.141. The number of ether oxygens (including phenoxy) is 1. The molecule has 0 fully saturated rings. The summed E-state index contributed by atoms with van der Waals surface area (Å²) in [7, 11) is 0.957. The summed E-state index contributed by atoms with van der Waals surface area (Å²) in [6.45, 7) is 0. The first-order valence-electron chi connectivity index (χ1n) is 3.09. The standard InChI is InChI=1S/C6H4F4N2O/c1-13-5-4(6(8,9)10)3(7)2-11-12-5/h2H,1H3. The van der Waals surface area contributed by atoms with Crippen LogP contribution in [-0.4, -0.2) is 17.3 Å². The van der Waals surface area contributed by atoms with Crippen LogP contribution in [0.1, 0.15) is 5.56 Å². The van der Waals surface area contributed by atoms with Gasteiger partial charge in [-0.2, -0.15) is 18.3 Å². The van der Waals surface area contributed by atoms with Crippen LogP contribution in [0, 0.1) is 5.82 Å². The average Bonchev–Trinajstić information content (AvgIpc) is 2.01. The molecular formula is C6H4F4N2O. The smallest absolute Gasteiger partial charge is 0.424 e. The number of halogens is 4. The minimum Gasteiger partial charge on any atom is -0.479 e. The van der Waals surface area contributed by atoms with Gasteiger partial charge in [-0.1, -0.05) is 0 Å². The Balaban J connectivity index is 3.32. The maximum Gasteiger partial charge on any atom is 0.424 e. The van der Waals surface area contributed by atoms with E-state index in [0.717, 1.165) is 7.11 Å². The van der Waals surface area contributed by atoms with Crippen LogP contribution < -0.4 is 4.74 Å². The molecule has 0 saturated carbocycles. The zero-order chi connectivity index (χ0) is 10.1. The molecule has 0 aliphatic rings. The third kappa shape index (κ3) is 1.85. The van der Waals surface area contributed by atoms with Crippen LogP contribution >= 0.6 is 0 Å². The summed E-state index contributed by atoms with van der Waals surface area (Å²) >= 11 is 0. The first kappa shape index (κ1) is 9.69. The Kier molecular flexibility index (Phi) is 2.35. The van der Waals surface area contributed by atoms with E-state index in [1.165, 1.54) is 0 Å². The Bertz CT molecular complexity index is 312. The fraction of sp³-hybridized carbons (Fsp3) is 0.333. The summed E-state index contributed by atoms with van der Waals surface area (Å²) in [4.78, 5) is 0. The Morgan fingerprint density at radius 3 is 2.38 bits per heavy atom. The molecule has 0 amide bonds. The molecule has 1 rings (SSSR count). The Morgan fingerprint density at radius 1 is 1.38 bits per heavy atom. The van der Waals surface area contributed by atoms with Crippen LogP contribution in [0.2, 0.25) is 0 Å². The fourth-order valence-electron chi connectivity index (χ4n) is 0.748. The highest BCUT2D eigenvalue weighted by molar-refractivity contribution is 5.27. The Labute approximate surface area is 70.3 Å². The Morgan fingerprint density at radius 2 is 2.00 bits per heavy atom. The second kappa shape index (κ2) is 3.15. The lowest BCUT2D eigenvalue weighted by Crippen LogP contribution is -2.12. The minimum absolute atomic E-state index is 0.380. The van der Waals surface area contributed by atoms with Crippen molar-refractivity contribution in [1.29, 1.82) is 0 Å². The summed E-state index contributed by atoms with van der Waals surface area (Å²) in [5, 5.41) is 5.97. The molecule has 1 heterocycles. The fourth-order valence-corrected chi connectivity index (χ4v) is 0.748. The van der Waals surface area contributed by atoms with Gasteiger partial charge in [0, 0.05) is 0 Å². The Hall–Kier alpha value is -1.40. The monoisotopic (exact) mass is 196 g/mol. The van der Waals surface area contributed by atoms with Gasteiger partial charge in [-0.25, -0.2) is 4.39 Å². The number of methoxy groups -OCH3 is 1. The van der Waals surface area contributed by atoms with Gasteiger partial charge in [0.15, 0.2) is 11.4 Å². The van der Waals surface area contributed by atoms with Gasteiger partial charge in [-0.3, -0.25) is 0 Å². The van der Waals surface area contributed by atoms with Crippen LogP contribution in [0.3, 0.4) is 0 Å². The number of hydrogen-bond acceptors (Lipinski definition) is 3. The molecule has 0 unspecified atom stereocenters. The van der Waals surface area contributed by atoms with Crippen LogP contribution in [0.15, 0.2) is 6.20 Å². The highest BCUT2D eigenvalue weighted by Crippen LogP contribution is 2.35. The molecule has 0 aromatic carbocycles. The topological polar surface area (TPSA) is 35.0 Å². The molecule has 13 heavy (non-hydrogen) atoms. The first-order valence-corrected chi connectivity index (χ1v) is 3.09. The molecule has 72 valence electrons. The van der Waals surface area contributed by atoms with E-state index in [-0.39, 0.29) is 0 Å². The molecule has 1 aromatic heterocycles. The van der Waals surface area contributed by atoms with Crippen LogP contribution in [-0.2, 0) is 6.18 Å². The highest BCUT2D eigenvalue weighted by atomic mass is 19.4. The third-order valence-corrected chi connectivity index (χ3v) is 1.25. The van der Waals surface area contributed by atoms with Gasteiger partial charge in [0.2, 0.25) is 5.88 Å². The molecule has 0 saturated heterocycles. The molecule has 0 bridgehead atoms. The van der Waals surface area contributed by atoms with Gasteiger partial charge >= 0.3 is 6.18 Å². The summed E-state index contributed by atoms with van der Waals surface area (Å²) in [5.41, 5.74) is -1.54. The first-order chi connectivity index (χ1) is 5.96. The van der Waals surface area contributed by atoms with Crippen LogP contribution in [0.5, 0.6) is 5.88 Å². The van der Waals surface area contributed by atoms with Crippen molar-refractivity contribution in [2.45, 2.75) is 6.18 Å². The molecule has 1 aromatic rings. The molecule has 0 radical (unpaired) electrons. The van der Waals surface area contributed by atoms with E-state index in [4.69, 9.17) is 0 Å². The largest absolute Gasteiger partial charge is 0.479 e. The minimum atomic E-state index is -4.83. The third-order valence-electron chi connectivity index (χ3n) is 1.25. The molecule has 0 N–H and O–H groups in total. The molecule has 0 aliphatic heterocycles. The molecule has 3 nitrogen and oxygen atoms in total. The molecule has 0 aliphatic carbocycles. The maximum absolute atomic E-state index is 12.6. The highest BCUT2D eigenvalue weighted by Gasteiger charge is 2.39. The SMILES string of the molecule is COc1nncc(F)c1C(F)(F)F. The molecule has 0 spiro atoms. The zero-order valence-corrected chi connectivity index (χ0v) is 6.39. The van der Waals surface area contributed by atoms with Crippen molar-refractivity contribution >= 4 is 0 Å². The number of hydrogen-bond donors (Lipinski definition) is 0. The van der Waals surface area contributed by atoms with Crippen molar-refractivity contribution in [3.63, 3.8) is 0 Å². The summed E-state index contributed by atoms with van der Waals surface area (Å²) in [5.74, 6) is -2.37. The van der Waals surface area contributed by atoms with E-state index in [2.05, 4.69) is 14.9 Å². The maximum atomic E-state index is 12.6. The second-order valence-electron chi connectivity index (χ2n) is 2.07. The van der Waals surface area contributed by atoms with Gasteiger partial charge < -0.3 is 4.74 Å². The van der Waals surface area contributed by atoms with E-state index in [9.17, 15) is 17.6 Å². The molecule has 7 heteroatoms. The predicted octanol–water partition coefficient (Wildman–Crippen LogP) is 1.64. The van der Waals surface area contributed by atoms with E-state index in [1.54, 1.807) is 0 Å². The lowest BCUT2D eigenvalue weighted by atomic mass is 10.3. The van der Waals surface area contributed by atoms with Crippen molar-refractivity contribution in [2.24, 2.45) is 0 Å².